The number of aryl methyl sites for hydroxylation is 1. The molecule has 1 aliphatic rings. The molecule has 1 amide bonds. The first kappa shape index (κ1) is 10.9. The summed E-state index contributed by atoms with van der Waals surface area (Å²) in [6.45, 7) is 4.06. The third-order valence-electron chi connectivity index (χ3n) is 2.88. The smallest absolute Gasteiger partial charge is 0.251 e. The molecule has 86 valence electrons. The van der Waals surface area contributed by atoms with E-state index in [1.165, 1.54) is 6.07 Å². The number of carbonyl (C=O) groups excluding carboxylic acids is 1. The number of likely N-dealkylation sites (tertiary alicyclic amines) is 1. The van der Waals surface area contributed by atoms with Crippen molar-refractivity contribution in [1.29, 1.82) is 0 Å². The second kappa shape index (κ2) is 4.08. The van der Waals surface area contributed by atoms with Crippen LogP contribution in [0.15, 0.2) is 10.9 Å². The first-order chi connectivity index (χ1) is 7.58. The summed E-state index contributed by atoms with van der Waals surface area (Å²) in [5, 5.41) is 0. The molecule has 1 saturated heterocycles. The third kappa shape index (κ3) is 1.98. The second-order valence-electron chi connectivity index (χ2n) is 4.13. The van der Waals surface area contributed by atoms with Crippen LogP contribution in [0.5, 0.6) is 0 Å². The number of hydrogen-bond acceptors (Lipinski definition) is 3. The lowest BCUT2D eigenvalue weighted by atomic mass is 10.1. The Bertz CT molecular complexity index is 467. The molecule has 0 saturated carbocycles. The van der Waals surface area contributed by atoms with Crippen LogP contribution in [-0.4, -0.2) is 27.3 Å². The molecule has 1 aromatic heterocycles. The van der Waals surface area contributed by atoms with Gasteiger partial charge in [0.2, 0.25) is 5.91 Å². The molecule has 0 unspecified atom stereocenters. The minimum atomic E-state index is -0.155. The third-order valence-corrected chi connectivity index (χ3v) is 2.88. The van der Waals surface area contributed by atoms with E-state index in [1.807, 2.05) is 0 Å². The zero-order chi connectivity index (χ0) is 11.7. The number of rotatable bonds is 1. The molecular formula is C11H15N3O2. The standard InChI is InChI=1S/C11H15N3O2/c1-7-12-9(6-11(16)13-7)10-4-3-5-14(10)8(2)15/h6,10H,3-5H2,1-2H3,(H,12,13,16)/t10-/m1/s1. The summed E-state index contributed by atoms with van der Waals surface area (Å²) >= 11 is 0. The van der Waals surface area contributed by atoms with E-state index in [4.69, 9.17) is 0 Å². The van der Waals surface area contributed by atoms with Crippen LogP contribution in [0.2, 0.25) is 0 Å². The van der Waals surface area contributed by atoms with Gasteiger partial charge in [-0.1, -0.05) is 0 Å². The van der Waals surface area contributed by atoms with Gasteiger partial charge >= 0.3 is 0 Å². The van der Waals surface area contributed by atoms with Crippen LogP contribution in [0.3, 0.4) is 0 Å². The Morgan fingerprint density at radius 3 is 3.00 bits per heavy atom. The quantitative estimate of drug-likeness (QED) is 0.761. The fourth-order valence-electron chi connectivity index (χ4n) is 2.22. The van der Waals surface area contributed by atoms with Crippen molar-refractivity contribution in [2.75, 3.05) is 6.54 Å². The van der Waals surface area contributed by atoms with E-state index < -0.39 is 0 Å². The lowest BCUT2D eigenvalue weighted by molar-refractivity contribution is -0.129. The van der Waals surface area contributed by atoms with Crippen molar-refractivity contribution in [3.63, 3.8) is 0 Å². The molecule has 1 atom stereocenters. The normalized spacial score (nSPS) is 20.1. The van der Waals surface area contributed by atoms with Crippen LogP contribution >= 0.6 is 0 Å². The molecule has 0 radical (unpaired) electrons. The monoisotopic (exact) mass is 221 g/mol. The van der Waals surface area contributed by atoms with Crippen molar-refractivity contribution < 1.29 is 4.79 Å². The van der Waals surface area contributed by atoms with Gasteiger partial charge in [-0.15, -0.1) is 0 Å². The molecule has 1 fully saturated rings. The van der Waals surface area contributed by atoms with Crippen LogP contribution in [0, 0.1) is 6.92 Å². The van der Waals surface area contributed by atoms with E-state index in [0.717, 1.165) is 19.4 Å². The fourth-order valence-corrected chi connectivity index (χ4v) is 2.22. The van der Waals surface area contributed by atoms with Crippen molar-refractivity contribution in [1.82, 2.24) is 14.9 Å². The van der Waals surface area contributed by atoms with Crippen molar-refractivity contribution in [2.45, 2.75) is 32.7 Å². The molecule has 0 aliphatic carbocycles. The first-order valence-corrected chi connectivity index (χ1v) is 5.43. The van der Waals surface area contributed by atoms with E-state index in [0.29, 0.717) is 11.5 Å². The SMILES string of the molecule is CC(=O)N1CCC[C@@H]1c1cc(=O)[nH]c(C)n1. The first-order valence-electron chi connectivity index (χ1n) is 5.43. The summed E-state index contributed by atoms with van der Waals surface area (Å²) in [7, 11) is 0. The van der Waals surface area contributed by atoms with Gasteiger partial charge in [-0.05, 0) is 19.8 Å². The Morgan fingerprint density at radius 1 is 1.62 bits per heavy atom. The lowest BCUT2D eigenvalue weighted by Crippen LogP contribution is -2.29. The molecule has 16 heavy (non-hydrogen) atoms. The summed E-state index contributed by atoms with van der Waals surface area (Å²) in [5.74, 6) is 0.639. The van der Waals surface area contributed by atoms with E-state index in [-0.39, 0.29) is 17.5 Å². The minimum absolute atomic E-state index is 0.0292. The summed E-state index contributed by atoms with van der Waals surface area (Å²) in [6, 6.07) is 1.46. The maximum Gasteiger partial charge on any atom is 0.251 e. The Labute approximate surface area is 93.5 Å². The number of nitrogens with zero attached hydrogens (tertiary/aromatic N) is 2. The van der Waals surface area contributed by atoms with Crippen LogP contribution < -0.4 is 5.56 Å². The summed E-state index contributed by atoms with van der Waals surface area (Å²) < 4.78 is 0. The van der Waals surface area contributed by atoms with Gasteiger partial charge in [-0.25, -0.2) is 4.98 Å². The highest BCUT2D eigenvalue weighted by Crippen LogP contribution is 2.29. The number of aromatic nitrogens is 2. The van der Waals surface area contributed by atoms with Crippen molar-refractivity contribution >= 4 is 5.91 Å². The molecule has 0 bridgehead atoms. The van der Waals surface area contributed by atoms with Gasteiger partial charge in [0.15, 0.2) is 0 Å². The van der Waals surface area contributed by atoms with Gasteiger partial charge in [0, 0.05) is 19.5 Å². The van der Waals surface area contributed by atoms with Gasteiger partial charge in [0.1, 0.15) is 5.82 Å². The Balaban J connectivity index is 2.36. The van der Waals surface area contributed by atoms with Gasteiger partial charge in [0.25, 0.3) is 5.56 Å². The molecule has 2 rings (SSSR count). The highest BCUT2D eigenvalue weighted by atomic mass is 16.2. The molecule has 1 aliphatic heterocycles. The van der Waals surface area contributed by atoms with Gasteiger partial charge in [-0.2, -0.15) is 0 Å². The Kier molecular flexibility index (Phi) is 2.77. The largest absolute Gasteiger partial charge is 0.334 e. The predicted octanol–water partition coefficient (Wildman–Crippen LogP) is 0.762. The number of nitrogens with one attached hydrogen (secondary N) is 1. The fraction of sp³-hybridized carbons (Fsp3) is 0.545. The number of H-pyrrole nitrogens is 1. The van der Waals surface area contributed by atoms with Crippen LogP contribution in [-0.2, 0) is 4.79 Å². The molecule has 1 N–H and O–H groups in total. The Hall–Kier alpha value is -1.65. The van der Waals surface area contributed by atoms with E-state index in [2.05, 4.69) is 9.97 Å². The average molecular weight is 221 g/mol. The van der Waals surface area contributed by atoms with E-state index >= 15 is 0 Å². The number of carbonyl (C=O) groups is 1. The molecular weight excluding hydrogens is 206 g/mol. The lowest BCUT2D eigenvalue weighted by Gasteiger charge is -2.22. The van der Waals surface area contributed by atoms with Crippen LogP contribution in [0.1, 0.15) is 37.3 Å². The zero-order valence-corrected chi connectivity index (χ0v) is 9.49. The highest BCUT2D eigenvalue weighted by molar-refractivity contribution is 5.74. The van der Waals surface area contributed by atoms with E-state index in [1.54, 1.807) is 18.7 Å². The van der Waals surface area contributed by atoms with Crippen LogP contribution in [0.25, 0.3) is 0 Å². The number of aromatic amines is 1. The summed E-state index contributed by atoms with van der Waals surface area (Å²) in [4.78, 5) is 31.4. The molecule has 2 heterocycles. The van der Waals surface area contributed by atoms with E-state index in [9.17, 15) is 9.59 Å². The topological polar surface area (TPSA) is 66.1 Å². The maximum absolute atomic E-state index is 11.4. The van der Waals surface area contributed by atoms with Gasteiger partial charge < -0.3 is 9.88 Å². The molecule has 5 nitrogen and oxygen atoms in total. The molecule has 0 aromatic carbocycles. The maximum atomic E-state index is 11.4. The van der Waals surface area contributed by atoms with Gasteiger partial charge in [-0.3, -0.25) is 9.59 Å². The molecule has 0 spiro atoms. The van der Waals surface area contributed by atoms with Crippen LogP contribution in [0.4, 0.5) is 0 Å². The van der Waals surface area contributed by atoms with Gasteiger partial charge in [0.05, 0.1) is 11.7 Å². The summed E-state index contributed by atoms with van der Waals surface area (Å²) in [5.41, 5.74) is 0.548. The van der Waals surface area contributed by atoms with Crippen molar-refractivity contribution in [3.8, 4) is 0 Å². The Morgan fingerprint density at radius 2 is 2.38 bits per heavy atom. The molecule has 1 aromatic rings. The zero-order valence-electron chi connectivity index (χ0n) is 9.49. The average Bonchev–Trinajstić information content (AvgIpc) is 2.63. The van der Waals surface area contributed by atoms with Crippen molar-refractivity contribution in [3.05, 3.63) is 27.9 Å². The molecule has 5 heteroatoms. The number of hydrogen-bond donors (Lipinski definition) is 1. The number of amides is 1. The van der Waals surface area contributed by atoms with Crippen molar-refractivity contribution in [2.24, 2.45) is 0 Å². The minimum Gasteiger partial charge on any atom is -0.334 e. The highest BCUT2D eigenvalue weighted by Gasteiger charge is 2.29. The second-order valence-corrected chi connectivity index (χ2v) is 4.13. The predicted molar refractivity (Wildman–Crippen MR) is 59.0 cm³/mol. The summed E-state index contributed by atoms with van der Waals surface area (Å²) in [6.07, 6.45) is 1.85.